The van der Waals surface area contributed by atoms with Gasteiger partial charge in [0.15, 0.2) is 0 Å². The summed E-state index contributed by atoms with van der Waals surface area (Å²) in [7, 11) is 2.05. The molecule has 1 fully saturated rings. The van der Waals surface area contributed by atoms with Crippen molar-refractivity contribution in [1.29, 1.82) is 0 Å². The Morgan fingerprint density at radius 2 is 2.15 bits per heavy atom. The minimum Gasteiger partial charge on any atom is -0.468 e. The lowest BCUT2D eigenvalue weighted by atomic mass is 10.2. The zero-order valence-corrected chi connectivity index (χ0v) is 12.1. The van der Waals surface area contributed by atoms with Crippen LogP contribution in [0.4, 0.5) is 0 Å². The smallest absolute Gasteiger partial charge is 0.122 e. The van der Waals surface area contributed by atoms with Gasteiger partial charge >= 0.3 is 0 Å². The highest BCUT2D eigenvalue weighted by Crippen LogP contribution is 2.24. The van der Waals surface area contributed by atoms with Gasteiger partial charge in [0.2, 0.25) is 0 Å². The van der Waals surface area contributed by atoms with Crippen molar-refractivity contribution in [3.05, 3.63) is 48.2 Å². The third-order valence-electron chi connectivity index (χ3n) is 4.01. The summed E-state index contributed by atoms with van der Waals surface area (Å²) in [6.45, 7) is 4.20. The molecular formula is C16H23N3O. The predicted octanol–water partition coefficient (Wildman–Crippen LogP) is 2.54. The zero-order chi connectivity index (χ0) is 13.8. The molecule has 4 nitrogen and oxygen atoms in total. The lowest BCUT2D eigenvalue weighted by molar-refractivity contribution is 0.209. The molecule has 2 aromatic rings. The molecule has 0 amide bonds. The van der Waals surface area contributed by atoms with Crippen LogP contribution < -0.4 is 5.32 Å². The van der Waals surface area contributed by atoms with Gasteiger partial charge in [-0.15, -0.1) is 0 Å². The van der Waals surface area contributed by atoms with E-state index in [0.717, 1.165) is 18.8 Å². The van der Waals surface area contributed by atoms with Gasteiger partial charge in [0.1, 0.15) is 5.76 Å². The second-order valence-electron chi connectivity index (χ2n) is 5.59. The van der Waals surface area contributed by atoms with Crippen molar-refractivity contribution < 1.29 is 4.42 Å². The molecule has 0 saturated carbocycles. The Balaban J connectivity index is 1.58. The Morgan fingerprint density at radius 1 is 1.30 bits per heavy atom. The van der Waals surface area contributed by atoms with E-state index in [2.05, 4.69) is 46.4 Å². The van der Waals surface area contributed by atoms with Gasteiger partial charge in [-0.2, -0.15) is 0 Å². The average molecular weight is 273 g/mol. The monoisotopic (exact) mass is 273 g/mol. The molecule has 1 atom stereocenters. The molecule has 3 rings (SSSR count). The lowest BCUT2D eigenvalue weighted by Crippen LogP contribution is -2.33. The number of furan rings is 1. The van der Waals surface area contributed by atoms with Crippen molar-refractivity contribution in [1.82, 2.24) is 14.8 Å². The highest BCUT2D eigenvalue weighted by atomic mass is 16.3. The molecule has 1 aliphatic heterocycles. The van der Waals surface area contributed by atoms with E-state index in [4.69, 9.17) is 4.42 Å². The molecule has 1 unspecified atom stereocenters. The average Bonchev–Trinajstić information content (AvgIpc) is 3.18. The number of aryl methyl sites for hydroxylation is 1. The van der Waals surface area contributed by atoms with Crippen LogP contribution in [-0.2, 0) is 13.6 Å². The standard InChI is InChI=1S/C16H23N3O/c1-18-9-6-14(13-18)11-17-12-15(16-5-4-10-20-16)19-7-2-3-8-19/h4-6,9-10,13,15,17H,2-3,7-8,11-12H2,1H3. The predicted molar refractivity (Wildman–Crippen MR) is 79.4 cm³/mol. The summed E-state index contributed by atoms with van der Waals surface area (Å²) >= 11 is 0. The highest BCUT2D eigenvalue weighted by molar-refractivity contribution is 5.10. The van der Waals surface area contributed by atoms with E-state index in [1.54, 1.807) is 6.26 Å². The van der Waals surface area contributed by atoms with Crippen LogP contribution in [0.1, 0.15) is 30.2 Å². The number of nitrogens with one attached hydrogen (secondary N) is 1. The Hall–Kier alpha value is -1.52. The van der Waals surface area contributed by atoms with Crippen LogP contribution >= 0.6 is 0 Å². The minimum atomic E-state index is 0.358. The maximum Gasteiger partial charge on any atom is 0.122 e. The van der Waals surface area contributed by atoms with Gasteiger partial charge < -0.3 is 14.3 Å². The summed E-state index contributed by atoms with van der Waals surface area (Å²) < 4.78 is 7.71. The normalized spacial score (nSPS) is 17.6. The Bertz CT molecular complexity index is 512. The van der Waals surface area contributed by atoms with Gasteiger partial charge in [-0.1, -0.05) is 0 Å². The first kappa shape index (κ1) is 13.5. The fourth-order valence-electron chi connectivity index (χ4n) is 2.96. The molecule has 1 N–H and O–H groups in total. The van der Waals surface area contributed by atoms with Crippen LogP contribution in [-0.4, -0.2) is 29.1 Å². The molecule has 20 heavy (non-hydrogen) atoms. The second kappa shape index (κ2) is 6.29. The molecular weight excluding hydrogens is 250 g/mol. The number of aromatic nitrogens is 1. The summed E-state index contributed by atoms with van der Waals surface area (Å²) in [6.07, 6.45) is 8.62. The fourth-order valence-corrected chi connectivity index (χ4v) is 2.96. The molecule has 0 spiro atoms. The van der Waals surface area contributed by atoms with E-state index in [1.807, 2.05) is 6.07 Å². The van der Waals surface area contributed by atoms with Crippen LogP contribution in [0.15, 0.2) is 41.3 Å². The lowest BCUT2D eigenvalue weighted by Gasteiger charge is -2.26. The van der Waals surface area contributed by atoms with E-state index in [9.17, 15) is 0 Å². The Morgan fingerprint density at radius 3 is 2.80 bits per heavy atom. The number of likely N-dealkylation sites (tertiary alicyclic amines) is 1. The molecule has 4 heteroatoms. The summed E-state index contributed by atoms with van der Waals surface area (Å²) in [4.78, 5) is 2.52. The number of rotatable bonds is 6. The number of hydrogen-bond donors (Lipinski definition) is 1. The molecule has 1 saturated heterocycles. The SMILES string of the molecule is Cn1ccc(CNCC(c2ccco2)N2CCCC2)c1. The van der Waals surface area contributed by atoms with E-state index < -0.39 is 0 Å². The van der Waals surface area contributed by atoms with Crippen LogP contribution in [0.2, 0.25) is 0 Å². The van der Waals surface area contributed by atoms with Crippen LogP contribution in [0.5, 0.6) is 0 Å². The van der Waals surface area contributed by atoms with Crippen LogP contribution in [0, 0.1) is 0 Å². The summed E-state index contributed by atoms with van der Waals surface area (Å²) in [5.74, 6) is 1.08. The van der Waals surface area contributed by atoms with Gasteiger partial charge in [-0.3, -0.25) is 4.90 Å². The number of nitrogens with zero attached hydrogens (tertiary/aromatic N) is 2. The Labute approximate surface area is 120 Å². The van der Waals surface area contributed by atoms with Crippen molar-refractivity contribution in [2.75, 3.05) is 19.6 Å². The van der Waals surface area contributed by atoms with Crippen LogP contribution in [0.3, 0.4) is 0 Å². The first-order chi connectivity index (χ1) is 9.83. The molecule has 3 heterocycles. The van der Waals surface area contributed by atoms with Gasteiger partial charge in [0, 0.05) is 32.5 Å². The van der Waals surface area contributed by atoms with Crippen molar-refractivity contribution in [3.8, 4) is 0 Å². The zero-order valence-electron chi connectivity index (χ0n) is 12.1. The molecule has 0 aliphatic carbocycles. The van der Waals surface area contributed by atoms with Gasteiger partial charge in [0.25, 0.3) is 0 Å². The molecule has 0 aromatic carbocycles. The molecule has 2 aromatic heterocycles. The van der Waals surface area contributed by atoms with E-state index >= 15 is 0 Å². The quantitative estimate of drug-likeness (QED) is 0.878. The third-order valence-corrected chi connectivity index (χ3v) is 4.01. The van der Waals surface area contributed by atoms with Crippen molar-refractivity contribution in [3.63, 3.8) is 0 Å². The largest absolute Gasteiger partial charge is 0.468 e. The summed E-state index contributed by atoms with van der Waals surface area (Å²) in [5.41, 5.74) is 1.33. The third kappa shape index (κ3) is 3.14. The maximum absolute atomic E-state index is 5.63. The van der Waals surface area contributed by atoms with Gasteiger partial charge in [0.05, 0.1) is 12.3 Å². The van der Waals surface area contributed by atoms with Crippen molar-refractivity contribution in [2.24, 2.45) is 7.05 Å². The topological polar surface area (TPSA) is 33.3 Å². The summed E-state index contributed by atoms with van der Waals surface area (Å²) in [6, 6.07) is 6.59. The van der Waals surface area contributed by atoms with E-state index in [0.29, 0.717) is 6.04 Å². The molecule has 0 bridgehead atoms. The molecule has 0 radical (unpaired) electrons. The van der Waals surface area contributed by atoms with Gasteiger partial charge in [-0.25, -0.2) is 0 Å². The van der Waals surface area contributed by atoms with E-state index in [-0.39, 0.29) is 0 Å². The molecule has 1 aliphatic rings. The van der Waals surface area contributed by atoms with Gasteiger partial charge in [-0.05, 0) is 49.7 Å². The fraction of sp³-hybridized carbons (Fsp3) is 0.500. The maximum atomic E-state index is 5.63. The summed E-state index contributed by atoms with van der Waals surface area (Å²) in [5, 5.41) is 3.57. The number of hydrogen-bond acceptors (Lipinski definition) is 3. The first-order valence-electron chi connectivity index (χ1n) is 7.42. The van der Waals surface area contributed by atoms with Crippen molar-refractivity contribution in [2.45, 2.75) is 25.4 Å². The minimum absolute atomic E-state index is 0.358. The second-order valence-corrected chi connectivity index (χ2v) is 5.59. The first-order valence-corrected chi connectivity index (χ1v) is 7.42. The highest BCUT2D eigenvalue weighted by Gasteiger charge is 2.24. The molecule has 108 valence electrons. The van der Waals surface area contributed by atoms with Crippen LogP contribution in [0.25, 0.3) is 0 Å². The van der Waals surface area contributed by atoms with E-state index in [1.165, 1.54) is 31.5 Å². The Kier molecular flexibility index (Phi) is 4.23. The van der Waals surface area contributed by atoms with Crippen molar-refractivity contribution >= 4 is 0 Å².